The summed E-state index contributed by atoms with van der Waals surface area (Å²) in [4.78, 5) is 24.7. The van der Waals surface area contributed by atoms with Crippen LogP contribution < -0.4 is 10.6 Å². The van der Waals surface area contributed by atoms with Crippen LogP contribution in [0.5, 0.6) is 0 Å². The van der Waals surface area contributed by atoms with Gasteiger partial charge in [-0.2, -0.15) is 0 Å². The SMILES string of the molecule is CCOC(=O)CNC(=O)NC(CN(C)C)C(C)C. The quantitative estimate of drug-likeness (QED) is 0.651. The number of carbonyl (C=O) groups excluding carboxylic acids is 2. The second-order valence-electron chi connectivity index (χ2n) is 4.74. The van der Waals surface area contributed by atoms with E-state index in [9.17, 15) is 9.59 Å². The number of ether oxygens (including phenoxy) is 1. The van der Waals surface area contributed by atoms with Gasteiger partial charge in [0, 0.05) is 12.6 Å². The minimum Gasteiger partial charge on any atom is -0.465 e. The molecule has 0 spiro atoms. The van der Waals surface area contributed by atoms with Gasteiger partial charge in [0.1, 0.15) is 6.54 Å². The van der Waals surface area contributed by atoms with Crippen LogP contribution in [0.3, 0.4) is 0 Å². The van der Waals surface area contributed by atoms with E-state index in [0.29, 0.717) is 12.5 Å². The molecule has 0 radical (unpaired) electrons. The average Bonchev–Trinajstić information content (AvgIpc) is 2.25. The maximum Gasteiger partial charge on any atom is 0.325 e. The molecule has 0 aliphatic rings. The largest absolute Gasteiger partial charge is 0.465 e. The number of esters is 1. The van der Waals surface area contributed by atoms with Gasteiger partial charge in [0.2, 0.25) is 0 Å². The number of amides is 2. The van der Waals surface area contributed by atoms with Crippen molar-refractivity contribution in [2.45, 2.75) is 26.8 Å². The summed E-state index contributed by atoms with van der Waals surface area (Å²) in [7, 11) is 3.90. The molecule has 2 N–H and O–H groups in total. The molecule has 0 aliphatic heterocycles. The second-order valence-corrected chi connectivity index (χ2v) is 4.74. The van der Waals surface area contributed by atoms with Crippen molar-refractivity contribution in [3.05, 3.63) is 0 Å². The van der Waals surface area contributed by atoms with Crippen LogP contribution in [0.25, 0.3) is 0 Å². The van der Waals surface area contributed by atoms with Crippen LogP contribution in [0.15, 0.2) is 0 Å². The van der Waals surface area contributed by atoms with Gasteiger partial charge in [-0.25, -0.2) is 4.79 Å². The Hall–Kier alpha value is -1.30. The van der Waals surface area contributed by atoms with Gasteiger partial charge in [-0.3, -0.25) is 4.79 Å². The van der Waals surface area contributed by atoms with Crippen LogP contribution in [-0.4, -0.2) is 56.7 Å². The van der Waals surface area contributed by atoms with Crippen molar-refractivity contribution in [2.24, 2.45) is 5.92 Å². The number of carbonyl (C=O) groups is 2. The first kappa shape index (κ1) is 16.7. The molecule has 106 valence electrons. The Morgan fingerprint density at radius 2 is 1.89 bits per heavy atom. The van der Waals surface area contributed by atoms with Crippen LogP contribution in [0, 0.1) is 5.92 Å². The highest BCUT2D eigenvalue weighted by Crippen LogP contribution is 2.02. The van der Waals surface area contributed by atoms with Crippen LogP contribution in [0.2, 0.25) is 0 Å². The van der Waals surface area contributed by atoms with E-state index >= 15 is 0 Å². The lowest BCUT2D eigenvalue weighted by Gasteiger charge is -2.25. The molecule has 0 aliphatic carbocycles. The molecule has 0 rings (SSSR count). The first-order chi connectivity index (χ1) is 8.36. The summed E-state index contributed by atoms with van der Waals surface area (Å²) >= 11 is 0. The number of hydrogen-bond acceptors (Lipinski definition) is 4. The van der Waals surface area contributed by atoms with Crippen LogP contribution >= 0.6 is 0 Å². The highest BCUT2D eigenvalue weighted by atomic mass is 16.5. The smallest absolute Gasteiger partial charge is 0.325 e. The summed E-state index contributed by atoms with van der Waals surface area (Å²) < 4.78 is 4.72. The summed E-state index contributed by atoms with van der Waals surface area (Å²) in [6.07, 6.45) is 0. The van der Waals surface area contributed by atoms with Crippen molar-refractivity contribution in [1.82, 2.24) is 15.5 Å². The van der Waals surface area contributed by atoms with E-state index in [1.165, 1.54) is 0 Å². The van der Waals surface area contributed by atoms with E-state index in [1.807, 2.05) is 32.8 Å². The predicted molar refractivity (Wildman–Crippen MR) is 70.3 cm³/mol. The Labute approximate surface area is 109 Å². The molecule has 1 unspecified atom stereocenters. The third-order valence-electron chi connectivity index (χ3n) is 2.38. The topological polar surface area (TPSA) is 70.7 Å². The molecular weight excluding hydrogens is 234 g/mol. The molecular formula is C12H25N3O3. The predicted octanol–water partition coefficient (Wildman–Crippen LogP) is 0.435. The maximum atomic E-state index is 11.6. The standard InChI is InChI=1S/C12H25N3O3/c1-6-18-11(16)7-13-12(17)14-10(9(2)3)8-15(4)5/h9-10H,6-8H2,1-5H3,(H2,13,14,17). The van der Waals surface area contributed by atoms with Gasteiger partial charge in [-0.1, -0.05) is 13.8 Å². The van der Waals surface area contributed by atoms with Crippen molar-refractivity contribution in [2.75, 3.05) is 33.8 Å². The molecule has 0 saturated carbocycles. The Morgan fingerprint density at radius 3 is 2.33 bits per heavy atom. The fourth-order valence-electron chi connectivity index (χ4n) is 1.40. The lowest BCUT2D eigenvalue weighted by Crippen LogP contribution is -2.49. The Kier molecular flexibility index (Phi) is 8.11. The minimum atomic E-state index is -0.429. The van der Waals surface area contributed by atoms with Gasteiger partial charge in [-0.05, 0) is 26.9 Å². The highest BCUT2D eigenvalue weighted by molar-refractivity contribution is 5.80. The fourth-order valence-corrected chi connectivity index (χ4v) is 1.40. The normalized spacial score (nSPS) is 12.4. The molecule has 2 amide bonds. The van der Waals surface area contributed by atoms with Crippen molar-refractivity contribution in [3.63, 3.8) is 0 Å². The van der Waals surface area contributed by atoms with Gasteiger partial charge in [0.15, 0.2) is 0 Å². The summed E-state index contributed by atoms with van der Waals surface area (Å²) in [5, 5.41) is 5.33. The molecule has 0 heterocycles. The first-order valence-electron chi connectivity index (χ1n) is 6.21. The van der Waals surface area contributed by atoms with Gasteiger partial charge < -0.3 is 20.3 Å². The second kappa shape index (κ2) is 8.74. The Morgan fingerprint density at radius 1 is 1.28 bits per heavy atom. The molecule has 0 aromatic carbocycles. The summed E-state index contributed by atoms with van der Waals surface area (Å²) in [5.74, 6) is -0.109. The molecule has 0 fully saturated rings. The molecule has 0 aromatic rings. The molecule has 18 heavy (non-hydrogen) atoms. The number of hydrogen-bond donors (Lipinski definition) is 2. The third-order valence-corrected chi connectivity index (χ3v) is 2.38. The lowest BCUT2D eigenvalue weighted by atomic mass is 10.0. The molecule has 0 saturated heterocycles. The average molecular weight is 259 g/mol. The number of nitrogens with one attached hydrogen (secondary N) is 2. The zero-order valence-corrected chi connectivity index (χ0v) is 11.9. The van der Waals surface area contributed by atoms with E-state index in [1.54, 1.807) is 6.92 Å². The summed E-state index contributed by atoms with van der Waals surface area (Å²) in [6, 6.07) is -0.300. The zero-order valence-electron chi connectivity index (χ0n) is 11.9. The van der Waals surface area contributed by atoms with Gasteiger partial charge in [0.05, 0.1) is 6.61 Å². The fraction of sp³-hybridized carbons (Fsp3) is 0.833. The number of rotatable bonds is 7. The van der Waals surface area contributed by atoms with Crippen molar-refractivity contribution >= 4 is 12.0 Å². The van der Waals surface area contributed by atoms with Gasteiger partial charge in [-0.15, -0.1) is 0 Å². The van der Waals surface area contributed by atoms with Crippen LogP contribution in [-0.2, 0) is 9.53 Å². The molecule has 6 heteroatoms. The van der Waals surface area contributed by atoms with E-state index in [4.69, 9.17) is 4.74 Å². The van der Waals surface area contributed by atoms with Crippen LogP contribution in [0.1, 0.15) is 20.8 Å². The maximum absolute atomic E-state index is 11.6. The first-order valence-corrected chi connectivity index (χ1v) is 6.21. The molecule has 6 nitrogen and oxygen atoms in total. The van der Waals surface area contributed by atoms with E-state index in [0.717, 1.165) is 6.54 Å². The molecule has 0 aromatic heterocycles. The lowest BCUT2D eigenvalue weighted by molar-refractivity contribution is -0.141. The summed E-state index contributed by atoms with van der Waals surface area (Å²) in [6.45, 7) is 6.78. The monoisotopic (exact) mass is 259 g/mol. The summed E-state index contributed by atoms with van der Waals surface area (Å²) in [5.41, 5.74) is 0. The van der Waals surface area contributed by atoms with E-state index in [-0.39, 0.29) is 18.6 Å². The highest BCUT2D eigenvalue weighted by Gasteiger charge is 2.17. The van der Waals surface area contributed by atoms with Gasteiger partial charge in [0.25, 0.3) is 0 Å². The Bertz CT molecular complexity index is 267. The van der Waals surface area contributed by atoms with E-state index < -0.39 is 5.97 Å². The zero-order chi connectivity index (χ0) is 14.1. The van der Waals surface area contributed by atoms with Crippen LogP contribution in [0.4, 0.5) is 4.79 Å². The van der Waals surface area contributed by atoms with Crippen molar-refractivity contribution < 1.29 is 14.3 Å². The van der Waals surface area contributed by atoms with Gasteiger partial charge >= 0.3 is 12.0 Å². The number of likely N-dealkylation sites (N-methyl/N-ethyl adjacent to an activating group) is 1. The molecule has 0 bridgehead atoms. The third kappa shape index (κ3) is 7.89. The number of nitrogens with zero attached hydrogens (tertiary/aromatic N) is 1. The Balaban J connectivity index is 4.06. The number of urea groups is 1. The van der Waals surface area contributed by atoms with Crippen molar-refractivity contribution in [1.29, 1.82) is 0 Å². The van der Waals surface area contributed by atoms with E-state index in [2.05, 4.69) is 10.6 Å². The minimum absolute atomic E-state index is 0.0437. The molecule has 1 atom stereocenters. The van der Waals surface area contributed by atoms with Crippen molar-refractivity contribution in [3.8, 4) is 0 Å².